The van der Waals surface area contributed by atoms with Crippen molar-refractivity contribution in [3.05, 3.63) is 24.3 Å². The number of aromatic hydroxyl groups is 1. The topological polar surface area (TPSA) is 87.7 Å². The van der Waals surface area contributed by atoms with Gasteiger partial charge in [-0.3, -0.25) is 14.9 Å². The predicted molar refractivity (Wildman–Crippen MR) is 85.0 cm³/mol. The quantitative estimate of drug-likeness (QED) is 0.571. The molecule has 6 nitrogen and oxygen atoms in total. The molecule has 3 rings (SSSR count). The van der Waals surface area contributed by atoms with Gasteiger partial charge in [0.05, 0.1) is 11.5 Å². The molecular weight excluding hydrogens is 296 g/mol. The Morgan fingerprint density at radius 1 is 1.26 bits per heavy atom. The lowest BCUT2D eigenvalue weighted by Gasteiger charge is -2.47. The second kappa shape index (κ2) is 4.71. The molecule has 0 spiro atoms. The molecular formula is C17H22N2O4. The summed E-state index contributed by atoms with van der Waals surface area (Å²) in [6.45, 7) is 7.41. The van der Waals surface area contributed by atoms with Gasteiger partial charge in [0, 0.05) is 5.69 Å². The van der Waals surface area contributed by atoms with Crippen LogP contribution in [0.4, 0.5) is 5.69 Å². The number of rotatable bonds is 2. The monoisotopic (exact) mass is 318 g/mol. The number of ether oxygens (including phenoxy) is 1. The number of nitrogens with one attached hydrogen (secondary N) is 2. The minimum atomic E-state index is -1.04. The maximum Gasteiger partial charge on any atom is 0.327 e. The molecule has 6 heteroatoms. The van der Waals surface area contributed by atoms with Crippen LogP contribution in [0.3, 0.4) is 0 Å². The van der Waals surface area contributed by atoms with E-state index in [1.54, 1.807) is 19.1 Å². The SMILES string of the molecule is CC1(C)OC(=O)[C@@]2(C)N[C@]1(C)C[C@@H]2C(=O)Nc1ccc(O)cc1. The van der Waals surface area contributed by atoms with Crippen LogP contribution in [0.25, 0.3) is 0 Å². The molecule has 3 N–H and O–H groups in total. The lowest BCUT2D eigenvalue weighted by molar-refractivity contribution is -0.181. The molecule has 124 valence electrons. The van der Waals surface area contributed by atoms with Crippen molar-refractivity contribution in [3.63, 3.8) is 0 Å². The normalized spacial score (nSPS) is 34.8. The van der Waals surface area contributed by atoms with Crippen molar-refractivity contribution in [2.45, 2.75) is 50.8 Å². The van der Waals surface area contributed by atoms with Gasteiger partial charge in [-0.05, 0) is 58.4 Å². The molecule has 23 heavy (non-hydrogen) atoms. The average Bonchev–Trinajstić information content (AvgIpc) is 2.72. The molecule has 0 unspecified atom stereocenters. The van der Waals surface area contributed by atoms with E-state index in [1.807, 2.05) is 20.8 Å². The highest BCUT2D eigenvalue weighted by Crippen LogP contribution is 2.48. The van der Waals surface area contributed by atoms with Gasteiger partial charge in [-0.15, -0.1) is 0 Å². The van der Waals surface area contributed by atoms with E-state index in [0.29, 0.717) is 12.1 Å². The average molecular weight is 318 g/mol. The molecule has 2 aliphatic rings. The van der Waals surface area contributed by atoms with Gasteiger partial charge in [-0.1, -0.05) is 0 Å². The van der Waals surface area contributed by atoms with E-state index in [2.05, 4.69) is 10.6 Å². The summed E-state index contributed by atoms with van der Waals surface area (Å²) in [6.07, 6.45) is 0.506. The number of cyclic esters (lactones) is 1. The molecule has 2 saturated heterocycles. The summed E-state index contributed by atoms with van der Waals surface area (Å²) in [5, 5.41) is 15.5. The van der Waals surface area contributed by atoms with Gasteiger partial charge < -0.3 is 15.2 Å². The zero-order chi connectivity index (χ0) is 17.0. The zero-order valence-corrected chi connectivity index (χ0v) is 13.8. The first kappa shape index (κ1) is 15.8. The van der Waals surface area contributed by atoms with Crippen LogP contribution in [-0.2, 0) is 14.3 Å². The smallest absolute Gasteiger partial charge is 0.327 e. The van der Waals surface area contributed by atoms with Crippen molar-refractivity contribution in [2.75, 3.05) is 5.32 Å². The summed E-state index contributed by atoms with van der Waals surface area (Å²) in [4.78, 5) is 25.2. The van der Waals surface area contributed by atoms with E-state index >= 15 is 0 Å². The van der Waals surface area contributed by atoms with E-state index in [1.165, 1.54) is 12.1 Å². The van der Waals surface area contributed by atoms with E-state index < -0.39 is 28.6 Å². The highest BCUT2D eigenvalue weighted by Gasteiger charge is 2.67. The second-order valence-electron chi connectivity index (χ2n) is 7.35. The van der Waals surface area contributed by atoms with Crippen molar-refractivity contribution in [3.8, 4) is 5.75 Å². The van der Waals surface area contributed by atoms with Crippen LogP contribution in [0.15, 0.2) is 24.3 Å². The Kier molecular flexibility index (Phi) is 3.23. The van der Waals surface area contributed by atoms with Crippen LogP contribution in [0.1, 0.15) is 34.1 Å². The summed E-state index contributed by atoms with van der Waals surface area (Å²) < 4.78 is 5.60. The fourth-order valence-electron chi connectivity index (χ4n) is 3.49. The van der Waals surface area contributed by atoms with Crippen LogP contribution in [0.2, 0.25) is 0 Å². The molecule has 0 aromatic heterocycles. The minimum Gasteiger partial charge on any atom is -0.508 e. The van der Waals surface area contributed by atoms with Crippen molar-refractivity contribution < 1.29 is 19.4 Å². The van der Waals surface area contributed by atoms with E-state index in [0.717, 1.165) is 0 Å². The first-order chi connectivity index (χ1) is 10.6. The molecule has 1 aromatic carbocycles. The molecule has 2 bridgehead atoms. The van der Waals surface area contributed by atoms with Gasteiger partial charge in [0.2, 0.25) is 5.91 Å². The molecule has 1 amide bonds. The number of phenolic OH excluding ortho intramolecular Hbond substituents is 1. The number of phenols is 1. The van der Waals surface area contributed by atoms with Gasteiger partial charge in [0.25, 0.3) is 0 Å². The predicted octanol–water partition coefficient (Wildman–Crippen LogP) is 1.79. The standard InChI is InChI=1S/C17H22N2O4/c1-15(2)16(3)9-12(17(4,19-16)14(22)23-15)13(21)18-10-5-7-11(20)8-6-10/h5-8,12,19-20H,9H2,1-4H3,(H,18,21)/t12-,16-,17+/m1/s1. The minimum absolute atomic E-state index is 0.131. The van der Waals surface area contributed by atoms with Crippen LogP contribution >= 0.6 is 0 Å². The van der Waals surface area contributed by atoms with Gasteiger partial charge in [0.15, 0.2) is 0 Å². The van der Waals surface area contributed by atoms with Crippen LogP contribution in [-0.4, -0.2) is 33.7 Å². The summed E-state index contributed by atoms with van der Waals surface area (Å²) in [7, 11) is 0. The number of hydrogen-bond acceptors (Lipinski definition) is 5. The van der Waals surface area contributed by atoms with E-state index in [-0.39, 0.29) is 11.7 Å². The third-order valence-corrected chi connectivity index (χ3v) is 5.40. The number of esters is 1. The Bertz CT molecular complexity index is 670. The van der Waals surface area contributed by atoms with Gasteiger partial charge >= 0.3 is 5.97 Å². The number of morpholine rings is 1. The molecule has 2 heterocycles. The number of carbonyl (C=O) groups excluding carboxylic acids is 2. The zero-order valence-electron chi connectivity index (χ0n) is 13.8. The number of anilines is 1. The summed E-state index contributed by atoms with van der Waals surface area (Å²) >= 11 is 0. The van der Waals surface area contributed by atoms with E-state index in [9.17, 15) is 14.7 Å². The second-order valence-corrected chi connectivity index (χ2v) is 7.35. The lowest BCUT2D eigenvalue weighted by Crippen LogP contribution is -2.69. The number of carbonyl (C=O) groups is 2. The van der Waals surface area contributed by atoms with Crippen molar-refractivity contribution in [1.82, 2.24) is 5.32 Å². The molecule has 0 radical (unpaired) electrons. The number of fused-ring (bicyclic) bond motifs is 2. The first-order valence-corrected chi connectivity index (χ1v) is 7.70. The molecule has 0 saturated carbocycles. The summed E-state index contributed by atoms with van der Waals surface area (Å²) in [5.41, 5.74) is -1.61. The highest BCUT2D eigenvalue weighted by molar-refractivity contribution is 5.99. The maximum absolute atomic E-state index is 12.7. The van der Waals surface area contributed by atoms with Crippen LogP contribution in [0, 0.1) is 5.92 Å². The van der Waals surface area contributed by atoms with Gasteiger partial charge in [-0.2, -0.15) is 0 Å². The maximum atomic E-state index is 12.7. The first-order valence-electron chi connectivity index (χ1n) is 7.70. The van der Waals surface area contributed by atoms with Crippen molar-refractivity contribution >= 4 is 17.6 Å². The van der Waals surface area contributed by atoms with Crippen molar-refractivity contribution in [1.29, 1.82) is 0 Å². The summed E-state index contributed by atoms with van der Waals surface area (Å²) in [5.74, 6) is -1.03. The molecule has 2 fully saturated rings. The highest BCUT2D eigenvalue weighted by atomic mass is 16.6. The summed E-state index contributed by atoms with van der Waals surface area (Å²) in [6, 6.07) is 6.24. The largest absolute Gasteiger partial charge is 0.508 e. The van der Waals surface area contributed by atoms with Gasteiger partial charge in [-0.25, -0.2) is 0 Å². The Balaban J connectivity index is 1.87. The van der Waals surface area contributed by atoms with E-state index in [4.69, 9.17) is 4.74 Å². The van der Waals surface area contributed by atoms with Crippen LogP contribution in [0.5, 0.6) is 5.75 Å². The Morgan fingerprint density at radius 3 is 2.48 bits per heavy atom. The third-order valence-electron chi connectivity index (χ3n) is 5.40. The molecule has 2 aliphatic heterocycles. The number of hydrogen-bond donors (Lipinski definition) is 3. The third kappa shape index (κ3) is 2.28. The Labute approximate surface area is 135 Å². The van der Waals surface area contributed by atoms with Gasteiger partial charge in [0.1, 0.15) is 16.9 Å². The fraction of sp³-hybridized carbons (Fsp3) is 0.529. The number of benzene rings is 1. The Hall–Kier alpha value is -2.08. The molecule has 3 atom stereocenters. The fourth-order valence-corrected chi connectivity index (χ4v) is 3.49. The van der Waals surface area contributed by atoms with Crippen LogP contribution < -0.4 is 10.6 Å². The Morgan fingerprint density at radius 2 is 1.87 bits per heavy atom. The lowest BCUT2D eigenvalue weighted by atomic mass is 9.80. The molecule has 1 aromatic rings. The number of amides is 1. The molecule has 0 aliphatic carbocycles. The van der Waals surface area contributed by atoms with Crippen molar-refractivity contribution in [2.24, 2.45) is 5.92 Å².